The molecule has 0 amide bonds. The molecule has 0 fully saturated rings. The van der Waals surface area contributed by atoms with Crippen molar-refractivity contribution in [2.75, 3.05) is 17.2 Å². The van der Waals surface area contributed by atoms with E-state index in [1.165, 1.54) is 28.3 Å². The molecular weight excluding hydrogens is 430 g/mol. The SMILES string of the molecule is CCOC(=O)c1c(NC(=S)Nc2ccc(S(N)(=O)=O)cc2)sc2c1CCCCC2. The second kappa shape index (κ2) is 9.21. The molecule has 0 saturated carbocycles. The molecule has 0 saturated heterocycles. The van der Waals surface area contributed by atoms with E-state index in [9.17, 15) is 13.2 Å². The molecule has 1 aliphatic carbocycles. The van der Waals surface area contributed by atoms with Crippen LogP contribution in [0.2, 0.25) is 0 Å². The van der Waals surface area contributed by atoms with Crippen molar-refractivity contribution in [2.24, 2.45) is 5.14 Å². The highest BCUT2D eigenvalue weighted by atomic mass is 32.2. The lowest BCUT2D eigenvalue weighted by atomic mass is 10.1. The van der Waals surface area contributed by atoms with Gasteiger partial charge in [-0.3, -0.25) is 0 Å². The fourth-order valence-corrected chi connectivity index (χ4v) is 5.33. The highest BCUT2D eigenvalue weighted by Crippen LogP contribution is 2.38. The third-order valence-electron chi connectivity index (χ3n) is 4.57. The highest BCUT2D eigenvalue weighted by molar-refractivity contribution is 7.89. The number of thiophene rings is 1. The molecule has 7 nitrogen and oxygen atoms in total. The number of aryl methyl sites for hydroxylation is 1. The van der Waals surface area contributed by atoms with E-state index in [-0.39, 0.29) is 10.9 Å². The molecular formula is C19H23N3O4S3. The second-order valence-electron chi connectivity index (χ2n) is 6.64. The number of hydrogen-bond donors (Lipinski definition) is 3. The normalized spacial score (nSPS) is 13.9. The van der Waals surface area contributed by atoms with Crippen LogP contribution in [0.15, 0.2) is 29.2 Å². The zero-order chi connectivity index (χ0) is 21.0. The predicted octanol–water partition coefficient (Wildman–Crippen LogP) is 3.65. The maximum atomic E-state index is 12.6. The Bertz CT molecular complexity index is 1010. The minimum atomic E-state index is -3.75. The van der Waals surface area contributed by atoms with Crippen molar-refractivity contribution in [3.8, 4) is 0 Å². The molecule has 1 aliphatic rings. The third kappa shape index (κ3) is 5.33. The Morgan fingerprint density at radius 1 is 1.17 bits per heavy atom. The maximum absolute atomic E-state index is 12.6. The predicted molar refractivity (Wildman–Crippen MR) is 119 cm³/mol. The topological polar surface area (TPSA) is 111 Å². The van der Waals surface area contributed by atoms with Crippen molar-refractivity contribution >= 4 is 55.3 Å². The first-order chi connectivity index (χ1) is 13.8. The number of sulfonamides is 1. The van der Waals surface area contributed by atoms with Crippen LogP contribution in [0, 0.1) is 0 Å². The summed E-state index contributed by atoms with van der Waals surface area (Å²) in [6.45, 7) is 2.09. The number of hydrogen-bond acceptors (Lipinski definition) is 6. The number of carbonyl (C=O) groups is 1. The van der Waals surface area contributed by atoms with Crippen molar-refractivity contribution in [3.63, 3.8) is 0 Å². The number of thiocarbonyl (C=S) groups is 1. The minimum Gasteiger partial charge on any atom is -0.462 e. The molecule has 2 aromatic rings. The first kappa shape index (κ1) is 21.7. The van der Waals surface area contributed by atoms with Crippen LogP contribution in [0.1, 0.15) is 47.0 Å². The van der Waals surface area contributed by atoms with E-state index in [0.29, 0.717) is 28.0 Å². The number of nitrogens with two attached hydrogens (primary N) is 1. The van der Waals surface area contributed by atoms with Gasteiger partial charge in [-0.1, -0.05) is 6.42 Å². The van der Waals surface area contributed by atoms with E-state index in [0.717, 1.165) is 37.7 Å². The summed E-state index contributed by atoms with van der Waals surface area (Å²) in [6, 6.07) is 5.95. The maximum Gasteiger partial charge on any atom is 0.341 e. The molecule has 0 aliphatic heterocycles. The number of benzene rings is 1. The number of primary sulfonamides is 1. The molecule has 10 heteroatoms. The van der Waals surface area contributed by atoms with Gasteiger partial charge in [0.1, 0.15) is 5.00 Å². The van der Waals surface area contributed by atoms with Crippen LogP contribution in [0.3, 0.4) is 0 Å². The van der Waals surface area contributed by atoms with Gasteiger partial charge in [0.2, 0.25) is 10.0 Å². The summed E-state index contributed by atoms with van der Waals surface area (Å²) in [4.78, 5) is 13.8. The fraction of sp³-hybridized carbons (Fsp3) is 0.368. The Hall–Kier alpha value is -2.01. The van der Waals surface area contributed by atoms with E-state index in [1.807, 2.05) is 0 Å². The first-order valence-electron chi connectivity index (χ1n) is 9.32. The Balaban J connectivity index is 1.80. The van der Waals surface area contributed by atoms with Crippen molar-refractivity contribution in [1.29, 1.82) is 0 Å². The van der Waals surface area contributed by atoms with Gasteiger partial charge >= 0.3 is 5.97 Å². The van der Waals surface area contributed by atoms with Crippen LogP contribution in [-0.4, -0.2) is 26.1 Å². The van der Waals surface area contributed by atoms with E-state index >= 15 is 0 Å². The van der Waals surface area contributed by atoms with Crippen LogP contribution in [0.25, 0.3) is 0 Å². The summed E-state index contributed by atoms with van der Waals surface area (Å²) in [6.07, 6.45) is 5.12. The fourth-order valence-electron chi connectivity index (χ4n) is 3.24. The lowest BCUT2D eigenvalue weighted by molar-refractivity contribution is 0.0527. The van der Waals surface area contributed by atoms with Gasteiger partial charge in [-0.05, 0) is 74.7 Å². The summed E-state index contributed by atoms with van der Waals surface area (Å²) in [7, 11) is -3.75. The molecule has 1 aromatic heterocycles. The van der Waals surface area contributed by atoms with Gasteiger partial charge in [-0.15, -0.1) is 11.3 Å². The van der Waals surface area contributed by atoms with Gasteiger partial charge < -0.3 is 15.4 Å². The summed E-state index contributed by atoms with van der Waals surface area (Å²) in [5.74, 6) is -0.338. The molecule has 0 spiro atoms. The van der Waals surface area contributed by atoms with Crippen molar-refractivity contribution in [2.45, 2.75) is 43.9 Å². The molecule has 29 heavy (non-hydrogen) atoms. The molecule has 4 N–H and O–H groups in total. The van der Waals surface area contributed by atoms with Crippen LogP contribution in [-0.2, 0) is 27.6 Å². The third-order valence-corrected chi connectivity index (χ3v) is 6.91. The zero-order valence-electron chi connectivity index (χ0n) is 16.0. The summed E-state index contributed by atoms with van der Waals surface area (Å²) in [5, 5.41) is 12.2. The standard InChI is InChI=1S/C19H23N3O4S3/c1-2-26-18(23)16-14-6-4-3-5-7-15(14)28-17(16)22-19(27)21-12-8-10-13(11-9-12)29(20,24)25/h8-11H,2-7H2,1H3,(H2,20,24,25)(H2,21,22,27). The van der Waals surface area contributed by atoms with E-state index in [4.69, 9.17) is 22.1 Å². The summed E-state index contributed by atoms with van der Waals surface area (Å²) < 4.78 is 28.0. The number of esters is 1. The summed E-state index contributed by atoms with van der Waals surface area (Å²) in [5.41, 5.74) is 2.24. The highest BCUT2D eigenvalue weighted by Gasteiger charge is 2.26. The molecule has 1 aromatic carbocycles. The van der Waals surface area contributed by atoms with Crippen LogP contribution in [0.4, 0.5) is 10.7 Å². The molecule has 0 unspecified atom stereocenters. The van der Waals surface area contributed by atoms with Crippen LogP contribution >= 0.6 is 23.6 Å². The molecule has 156 valence electrons. The van der Waals surface area contributed by atoms with Crippen molar-refractivity contribution in [3.05, 3.63) is 40.3 Å². The number of fused-ring (bicyclic) bond motifs is 1. The largest absolute Gasteiger partial charge is 0.462 e. The van der Waals surface area contributed by atoms with Gasteiger partial charge in [0.15, 0.2) is 5.11 Å². The van der Waals surface area contributed by atoms with Gasteiger partial charge in [-0.2, -0.15) is 0 Å². The Kier molecular flexibility index (Phi) is 6.89. The minimum absolute atomic E-state index is 0.0218. The van der Waals surface area contributed by atoms with E-state index < -0.39 is 10.0 Å². The molecule has 0 bridgehead atoms. The lowest BCUT2D eigenvalue weighted by Gasteiger charge is -2.12. The Morgan fingerprint density at radius 2 is 1.86 bits per heavy atom. The molecule has 0 atom stereocenters. The van der Waals surface area contributed by atoms with Crippen molar-refractivity contribution < 1.29 is 17.9 Å². The lowest BCUT2D eigenvalue weighted by Crippen LogP contribution is -2.20. The van der Waals surface area contributed by atoms with Crippen LogP contribution in [0.5, 0.6) is 0 Å². The first-order valence-corrected chi connectivity index (χ1v) is 12.1. The van der Waals surface area contributed by atoms with Crippen LogP contribution < -0.4 is 15.8 Å². The second-order valence-corrected chi connectivity index (χ2v) is 9.71. The zero-order valence-corrected chi connectivity index (χ0v) is 18.4. The number of nitrogens with one attached hydrogen (secondary N) is 2. The number of anilines is 2. The smallest absolute Gasteiger partial charge is 0.341 e. The van der Waals surface area contributed by atoms with Crippen molar-refractivity contribution in [1.82, 2.24) is 0 Å². The monoisotopic (exact) mass is 453 g/mol. The number of carbonyl (C=O) groups excluding carboxylic acids is 1. The molecule has 0 radical (unpaired) electrons. The number of ether oxygens (including phenoxy) is 1. The summed E-state index contributed by atoms with van der Waals surface area (Å²) >= 11 is 6.93. The van der Waals surface area contributed by atoms with Gasteiger partial charge in [0.25, 0.3) is 0 Å². The molecule has 1 heterocycles. The average Bonchev–Trinajstić information content (AvgIpc) is 2.82. The van der Waals surface area contributed by atoms with E-state index in [1.54, 1.807) is 19.1 Å². The number of rotatable bonds is 5. The molecule has 3 rings (SSSR count). The van der Waals surface area contributed by atoms with Gasteiger partial charge in [-0.25, -0.2) is 18.4 Å². The quantitative estimate of drug-likeness (QED) is 0.360. The average molecular weight is 454 g/mol. The Morgan fingerprint density at radius 3 is 2.52 bits per heavy atom. The van der Waals surface area contributed by atoms with Gasteiger partial charge in [0.05, 0.1) is 17.1 Å². The van der Waals surface area contributed by atoms with E-state index in [2.05, 4.69) is 10.6 Å². The Labute approximate surface area is 179 Å². The van der Waals surface area contributed by atoms with Gasteiger partial charge in [0, 0.05) is 10.6 Å².